The van der Waals surface area contributed by atoms with E-state index in [0.717, 1.165) is 20.6 Å². The number of carbonyl (C=O) groups excluding carboxylic acids is 1. The second-order valence-corrected chi connectivity index (χ2v) is 7.35. The molecule has 0 saturated heterocycles. The van der Waals surface area contributed by atoms with Gasteiger partial charge in [0.2, 0.25) is 0 Å². The lowest BCUT2D eigenvalue weighted by Gasteiger charge is -2.07. The topological polar surface area (TPSA) is 56.1 Å². The third kappa shape index (κ3) is 2.36. The van der Waals surface area contributed by atoms with Crippen LogP contribution in [0.15, 0.2) is 58.0 Å². The Morgan fingerprint density at radius 3 is 2.41 bits per heavy atom. The van der Waals surface area contributed by atoms with Gasteiger partial charge in [-0.15, -0.1) is 0 Å². The first kappa shape index (κ1) is 14.9. The number of fused-ring (bicyclic) bond motifs is 1. The minimum Gasteiger partial charge on any atom is -0.298 e. The smallest absolute Gasteiger partial charge is 0.268 e. The predicted octanol–water partition coefficient (Wildman–Crippen LogP) is 3.59. The first-order valence-corrected chi connectivity index (χ1v) is 8.44. The quantitative estimate of drug-likeness (QED) is 0.651. The highest BCUT2D eigenvalue weighted by Crippen LogP contribution is 2.27. The Bertz CT molecular complexity index is 978. The van der Waals surface area contributed by atoms with Crippen LogP contribution in [0.3, 0.4) is 0 Å². The highest BCUT2D eigenvalue weighted by atomic mass is 79.9. The van der Waals surface area contributed by atoms with E-state index in [1.807, 2.05) is 0 Å². The molecular weight excluding hydrogens is 373 g/mol. The number of benzene rings is 2. The molecule has 0 aliphatic heterocycles. The second-order valence-electron chi connectivity index (χ2n) is 4.62. The van der Waals surface area contributed by atoms with Gasteiger partial charge in [-0.1, -0.05) is 15.9 Å². The number of carbonyl (C=O) groups is 1. The zero-order chi connectivity index (χ0) is 15.9. The molecule has 0 radical (unpaired) electrons. The van der Waals surface area contributed by atoms with Gasteiger partial charge in [0, 0.05) is 21.6 Å². The van der Waals surface area contributed by atoms with Crippen LogP contribution in [0.25, 0.3) is 10.9 Å². The maximum atomic E-state index is 13.0. The van der Waals surface area contributed by atoms with Crippen molar-refractivity contribution in [2.45, 2.75) is 4.90 Å². The number of nitrogens with zero attached hydrogens (tertiary/aromatic N) is 1. The minimum absolute atomic E-state index is 0.0498. The second kappa shape index (κ2) is 5.33. The van der Waals surface area contributed by atoms with Crippen LogP contribution < -0.4 is 0 Å². The molecule has 0 spiro atoms. The van der Waals surface area contributed by atoms with Crippen LogP contribution in [-0.4, -0.2) is 18.7 Å². The van der Waals surface area contributed by atoms with E-state index >= 15 is 0 Å². The summed E-state index contributed by atoms with van der Waals surface area (Å²) in [5.41, 5.74) is 0.650. The molecule has 3 rings (SSSR count). The molecule has 3 aromatic rings. The Hall–Kier alpha value is -1.99. The fourth-order valence-electron chi connectivity index (χ4n) is 2.21. The lowest BCUT2D eigenvalue weighted by atomic mass is 10.2. The highest BCUT2D eigenvalue weighted by Gasteiger charge is 2.21. The summed E-state index contributed by atoms with van der Waals surface area (Å²) < 4.78 is 40.1. The zero-order valence-corrected chi connectivity index (χ0v) is 13.4. The Kier molecular flexibility index (Phi) is 3.62. The van der Waals surface area contributed by atoms with Crippen molar-refractivity contribution >= 4 is 43.1 Å². The van der Waals surface area contributed by atoms with Gasteiger partial charge in [-0.3, -0.25) is 4.79 Å². The Labute approximate surface area is 134 Å². The molecule has 0 bridgehead atoms. The molecule has 2 aromatic carbocycles. The summed E-state index contributed by atoms with van der Waals surface area (Å²) >= 11 is 3.29. The molecule has 0 aliphatic rings. The normalized spacial score (nSPS) is 11.7. The zero-order valence-electron chi connectivity index (χ0n) is 11.0. The molecule has 1 heterocycles. The molecule has 7 heteroatoms. The van der Waals surface area contributed by atoms with Gasteiger partial charge in [0.15, 0.2) is 6.29 Å². The van der Waals surface area contributed by atoms with Gasteiger partial charge < -0.3 is 0 Å². The van der Waals surface area contributed by atoms with E-state index in [2.05, 4.69) is 15.9 Å². The van der Waals surface area contributed by atoms with Crippen molar-refractivity contribution in [2.24, 2.45) is 0 Å². The van der Waals surface area contributed by atoms with Crippen LogP contribution in [0.5, 0.6) is 0 Å². The molecule has 0 fully saturated rings. The van der Waals surface area contributed by atoms with Crippen molar-refractivity contribution in [1.82, 2.24) is 3.97 Å². The van der Waals surface area contributed by atoms with Crippen molar-refractivity contribution < 1.29 is 17.6 Å². The fraction of sp³-hybridized carbons (Fsp3) is 0. The molecule has 22 heavy (non-hydrogen) atoms. The summed E-state index contributed by atoms with van der Waals surface area (Å²) in [7, 11) is -3.91. The van der Waals surface area contributed by atoms with Gasteiger partial charge in [0.1, 0.15) is 5.82 Å². The third-order valence-electron chi connectivity index (χ3n) is 3.26. The molecule has 0 N–H and O–H groups in total. The standard InChI is InChI=1S/C15H9BrFNO3S/c16-11-1-6-15-14(7-11)10(9-19)8-18(15)22(20,21)13-4-2-12(17)3-5-13/h1-9H. The molecule has 1 aromatic heterocycles. The van der Waals surface area contributed by atoms with E-state index in [4.69, 9.17) is 0 Å². The van der Waals surface area contributed by atoms with Crippen LogP contribution in [0.2, 0.25) is 0 Å². The lowest BCUT2D eigenvalue weighted by molar-refractivity contribution is 0.112. The average Bonchev–Trinajstić information content (AvgIpc) is 2.86. The number of aldehydes is 1. The van der Waals surface area contributed by atoms with E-state index in [1.54, 1.807) is 18.2 Å². The number of hydrogen-bond donors (Lipinski definition) is 0. The van der Waals surface area contributed by atoms with E-state index in [9.17, 15) is 17.6 Å². The van der Waals surface area contributed by atoms with Crippen molar-refractivity contribution in [3.8, 4) is 0 Å². The van der Waals surface area contributed by atoms with Crippen molar-refractivity contribution in [2.75, 3.05) is 0 Å². The number of rotatable bonds is 3. The summed E-state index contributed by atoms with van der Waals surface area (Å²) in [6, 6.07) is 9.51. The maximum absolute atomic E-state index is 13.0. The molecule has 0 aliphatic carbocycles. The average molecular weight is 382 g/mol. The van der Waals surface area contributed by atoms with Crippen molar-refractivity contribution in [1.29, 1.82) is 0 Å². The summed E-state index contributed by atoms with van der Waals surface area (Å²) in [4.78, 5) is 11.1. The molecular formula is C15H9BrFNO3S. The van der Waals surface area contributed by atoms with Crippen LogP contribution >= 0.6 is 15.9 Å². The van der Waals surface area contributed by atoms with E-state index in [1.165, 1.54) is 18.3 Å². The summed E-state index contributed by atoms with van der Waals surface area (Å²) in [6.07, 6.45) is 1.87. The van der Waals surface area contributed by atoms with Gasteiger partial charge in [0.25, 0.3) is 10.0 Å². The summed E-state index contributed by atoms with van der Waals surface area (Å²) in [5, 5.41) is 0.523. The largest absolute Gasteiger partial charge is 0.298 e. The first-order valence-electron chi connectivity index (χ1n) is 6.20. The Morgan fingerprint density at radius 1 is 1.09 bits per heavy atom. The minimum atomic E-state index is -3.91. The van der Waals surface area contributed by atoms with E-state index in [-0.39, 0.29) is 10.5 Å². The summed E-state index contributed by atoms with van der Waals surface area (Å²) in [6.45, 7) is 0. The molecule has 0 atom stereocenters. The van der Waals surface area contributed by atoms with Gasteiger partial charge in [0.05, 0.1) is 10.4 Å². The molecule has 0 unspecified atom stereocenters. The van der Waals surface area contributed by atoms with Gasteiger partial charge >= 0.3 is 0 Å². The third-order valence-corrected chi connectivity index (χ3v) is 5.44. The number of halogens is 2. The Morgan fingerprint density at radius 2 is 1.77 bits per heavy atom. The van der Waals surface area contributed by atoms with Crippen LogP contribution in [0.1, 0.15) is 10.4 Å². The Balaban J connectivity index is 2.29. The van der Waals surface area contributed by atoms with Crippen LogP contribution in [-0.2, 0) is 10.0 Å². The van der Waals surface area contributed by atoms with Gasteiger partial charge in [-0.05, 0) is 42.5 Å². The SMILES string of the molecule is O=Cc1cn(S(=O)(=O)c2ccc(F)cc2)c2ccc(Br)cc12. The predicted molar refractivity (Wildman–Crippen MR) is 84.0 cm³/mol. The molecule has 112 valence electrons. The van der Waals surface area contributed by atoms with Crippen LogP contribution in [0.4, 0.5) is 4.39 Å². The molecule has 0 saturated carbocycles. The van der Waals surface area contributed by atoms with Gasteiger partial charge in [-0.25, -0.2) is 16.8 Å². The fourth-order valence-corrected chi connectivity index (χ4v) is 3.95. The van der Waals surface area contributed by atoms with E-state index in [0.29, 0.717) is 17.2 Å². The number of aromatic nitrogens is 1. The monoisotopic (exact) mass is 381 g/mol. The maximum Gasteiger partial charge on any atom is 0.268 e. The highest BCUT2D eigenvalue weighted by molar-refractivity contribution is 9.10. The first-order chi connectivity index (χ1) is 10.4. The van der Waals surface area contributed by atoms with E-state index < -0.39 is 15.8 Å². The molecule has 4 nitrogen and oxygen atoms in total. The van der Waals surface area contributed by atoms with Crippen LogP contribution in [0, 0.1) is 5.82 Å². The van der Waals surface area contributed by atoms with Crippen molar-refractivity contribution in [3.05, 3.63) is 64.5 Å². The van der Waals surface area contributed by atoms with Crippen molar-refractivity contribution in [3.63, 3.8) is 0 Å². The lowest BCUT2D eigenvalue weighted by Crippen LogP contribution is -2.11. The molecule has 0 amide bonds. The summed E-state index contributed by atoms with van der Waals surface area (Å²) in [5.74, 6) is -0.520. The van der Waals surface area contributed by atoms with Gasteiger partial charge in [-0.2, -0.15) is 0 Å². The number of hydrogen-bond acceptors (Lipinski definition) is 3.